The maximum atomic E-state index is 12.0. The molecule has 0 atom stereocenters. The largest absolute Gasteiger partial charge is 0.487 e. The van der Waals surface area contributed by atoms with Crippen LogP contribution >= 0.6 is 15.9 Å². The molecule has 0 amide bonds. The monoisotopic (exact) mass is 362 g/mol. The van der Waals surface area contributed by atoms with Crippen molar-refractivity contribution < 1.29 is 4.74 Å². The topological polar surface area (TPSA) is 87.7 Å². The standard InChI is InChI=1S/C13H11BrN6O2/c1-19-13(21)20(18-17-19)12-4-2-3-11(14)10(12)8-22-9-5-6-15-16-7-9/h2-7H,8H2,1H3. The molecule has 22 heavy (non-hydrogen) atoms. The lowest BCUT2D eigenvalue weighted by Gasteiger charge is -2.11. The Kier molecular flexibility index (Phi) is 3.96. The Hall–Kier alpha value is -2.55. The number of tetrazole rings is 1. The second-order valence-electron chi connectivity index (χ2n) is 4.40. The third kappa shape index (κ3) is 2.75. The van der Waals surface area contributed by atoms with Gasteiger partial charge in [0.15, 0.2) is 0 Å². The lowest BCUT2D eigenvalue weighted by Crippen LogP contribution is -2.23. The molecule has 9 heteroatoms. The number of benzene rings is 1. The molecule has 0 spiro atoms. The van der Waals surface area contributed by atoms with Gasteiger partial charge >= 0.3 is 5.69 Å². The summed E-state index contributed by atoms with van der Waals surface area (Å²) in [5, 5.41) is 15.0. The summed E-state index contributed by atoms with van der Waals surface area (Å²) in [5.41, 5.74) is 1.06. The smallest absolute Gasteiger partial charge is 0.368 e. The highest BCUT2D eigenvalue weighted by atomic mass is 79.9. The van der Waals surface area contributed by atoms with Gasteiger partial charge in [0.2, 0.25) is 0 Å². The van der Waals surface area contributed by atoms with Crippen molar-refractivity contribution in [3.8, 4) is 11.4 Å². The first-order valence-corrected chi connectivity index (χ1v) is 7.12. The molecule has 0 saturated heterocycles. The molecule has 112 valence electrons. The first kappa shape index (κ1) is 14.4. The highest BCUT2D eigenvalue weighted by Gasteiger charge is 2.14. The van der Waals surface area contributed by atoms with Crippen molar-refractivity contribution >= 4 is 15.9 Å². The summed E-state index contributed by atoms with van der Waals surface area (Å²) in [6.45, 7) is 0.242. The predicted molar refractivity (Wildman–Crippen MR) is 80.7 cm³/mol. The van der Waals surface area contributed by atoms with E-state index in [1.165, 1.54) is 15.6 Å². The molecule has 2 aromatic heterocycles. The molecular formula is C13H11BrN6O2. The first-order valence-electron chi connectivity index (χ1n) is 6.33. The predicted octanol–water partition coefficient (Wildman–Crippen LogP) is 1.10. The van der Waals surface area contributed by atoms with Gasteiger partial charge in [0.05, 0.1) is 18.1 Å². The number of hydrogen-bond donors (Lipinski definition) is 0. The molecule has 8 nitrogen and oxygen atoms in total. The Morgan fingerprint density at radius 1 is 1.23 bits per heavy atom. The third-order valence-corrected chi connectivity index (χ3v) is 3.73. The third-order valence-electron chi connectivity index (χ3n) is 2.98. The zero-order chi connectivity index (χ0) is 15.5. The minimum Gasteiger partial charge on any atom is -0.487 e. The fourth-order valence-corrected chi connectivity index (χ4v) is 2.34. The summed E-state index contributed by atoms with van der Waals surface area (Å²) >= 11 is 3.47. The van der Waals surface area contributed by atoms with Gasteiger partial charge in [0.25, 0.3) is 0 Å². The van der Waals surface area contributed by atoms with Crippen molar-refractivity contribution in [2.45, 2.75) is 6.61 Å². The van der Waals surface area contributed by atoms with Gasteiger partial charge in [-0.05, 0) is 22.6 Å². The summed E-state index contributed by atoms with van der Waals surface area (Å²) in [6, 6.07) is 7.18. The van der Waals surface area contributed by atoms with E-state index in [1.807, 2.05) is 12.1 Å². The van der Waals surface area contributed by atoms with Crippen LogP contribution in [0.5, 0.6) is 5.75 Å². The maximum absolute atomic E-state index is 12.0. The number of hydrogen-bond acceptors (Lipinski definition) is 6. The summed E-state index contributed by atoms with van der Waals surface area (Å²) in [4.78, 5) is 12.0. The van der Waals surface area contributed by atoms with Gasteiger partial charge in [0.1, 0.15) is 12.4 Å². The highest BCUT2D eigenvalue weighted by molar-refractivity contribution is 9.10. The zero-order valence-corrected chi connectivity index (χ0v) is 13.1. The Morgan fingerprint density at radius 2 is 2.09 bits per heavy atom. The van der Waals surface area contributed by atoms with Gasteiger partial charge in [-0.2, -0.15) is 19.6 Å². The molecule has 0 radical (unpaired) electrons. The molecule has 1 aromatic carbocycles. The molecule has 0 saturated carbocycles. The number of aryl methyl sites for hydroxylation is 1. The summed E-state index contributed by atoms with van der Waals surface area (Å²) < 4.78 is 8.88. The molecule has 2 heterocycles. The van der Waals surface area contributed by atoms with Crippen molar-refractivity contribution in [1.29, 1.82) is 0 Å². The second-order valence-corrected chi connectivity index (χ2v) is 5.26. The Balaban J connectivity index is 1.97. The minimum atomic E-state index is -0.329. The molecule has 0 unspecified atom stereocenters. The quantitative estimate of drug-likeness (QED) is 0.690. The van der Waals surface area contributed by atoms with Gasteiger partial charge in [-0.1, -0.05) is 22.0 Å². The lowest BCUT2D eigenvalue weighted by atomic mass is 10.2. The van der Waals surface area contributed by atoms with Crippen LogP contribution in [0.25, 0.3) is 5.69 Å². The van der Waals surface area contributed by atoms with E-state index in [0.29, 0.717) is 11.4 Å². The van der Waals surface area contributed by atoms with Crippen LogP contribution in [0.4, 0.5) is 0 Å². The van der Waals surface area contributed by atoms with Crippen LogP contribution < -0.4 is 10.4 Å². The van der Waals surface area contributed by atoms with E-state index in [-0.39, 0.29) is 12.3 Å². The van der Waals surface area contributed by atoms with E-state index in [9.17, 15) is 4.79 Å². The van der Waals surface area contributed by atoms with E-state index in [2.05, 4.69) is 36.6 Å². The van der Waals surface area contributed by atoms with Crippen LogP contribution in [0, 0.1) is 0 Å². The molecule has 0 bridgehead atoms. The van der Waals surface area contributed by atoms with Crippen LogP contribution in [0.1, 0.15) is 5.56 Å². The van der Waals surface area contributed by atoms with Crippen LogP contribution in [0.3, 0.4) is 0 Å². The molecule has 0 aliphatic heterocycles. The van der Waals surface area contributed by atoms with Crippen molar-refractivity contribution in [1.82, 2.24) is 30.0 Å². The average Bonchev–Trinajstić information content (AvgIpc) is 2.86. The van der Waals surface area contributed by atoms with E-state index < -0.39 is 0 Å². The molecule has 0 fully saturated rings. The van der Waals surface area contributed by atoms with Crippen LogP contribution in [-0.4, -0.2) is 30.0 Å². The summed E-state index contributed by atoms with van der Waals surface area (Å²) in [7, 11) is 1.54. The highest BCUT2D eigenvalue weighted by Crippen LogP contribution is 2.24. The van der Waals surface area contributed by atoms with Gasteiger partial charge in [-0.25, -0.2) is 4.79 Å². The van der Waals surface area contributed by atoms with Gasteiger partial charge < -0.3 is 4.74 Å². The van der Waals surface area contributed by atoms with Crippen molar-refractivity contribution in [3.63, 3.8) is 0 Å². The molecular weight excluding hydrogens is 352 g/mol. The lowest BCUT2D eigenvalue weighted by molar-refractivity contribution is 0.303. The Morgan fingerprint density at radius 3 is 2.77 bits per heavy atom. The second kappa shape index (κ2) is 6.06. The zero-order valence-electron chi connectivity index (χ0n) is 11.5. The van der Waals surface area contributed by atoms with Gasteiger partial charge in [-0.15, -0.1) is 0 Å². The van der Waals surface area contributed by atoms with E-state index in [0.717, 1.165) is 10.0 Å². The SMILES string of the molecule is Cn1nnn(-c2cccc(Br)c2COc2ccnnc2)c1=O. The van der Waals surface area contributed by atoms with Crippen molar-refractivity contribution in [3.05, 3.63) is 57.2 Å². The molecule has 0 aliphatic rings. The van der Waals surface area contributed by atoms with Gasteiger partial charge in [0, 0.05) is 23.2 Å². The van der Waals surface area contributed by atoms with Crippen LogP contribution in [0.15, 0.2) is 45.9 Å². The van der Waals surface area contributed by atoms with Crippen LogP contribution in [-0.2, 0) is 13.7 Å². The normalized spacial score (nSPS) is 10.6. The van der Waals surface area contributed by atoms with E-state index in [1.54, 1.807) is 25.4 Å². The van der Waals surface area contributed by atoms with Crippen molar-refractivity contribution in [2.24, 2.45) is 7.05 Å². The Bertz CT molecular complexity index is 845. The van der Waals surface area contributed by atoms with E-state index in [4.69, 9.17) is 4.74 Å². The molecule has 0 N–H and O–H groups in total. The number of rotatable bonds is 4. The molecule has 3 rings (SSSR count). The first-order chi connectivity index (χ1) is 10.7. The molecule has 3 aromatic rings. The Labute approximate surface area is 133 Å². The number of aromatic nitrogens is 6. The fraction of sp³-hybridized carbons (Fsp3) is 0.154. The average molecular weight is 363 g/mol. The summed E-state index contributed by atoms with van der Waals surface area (Å²) in [6.07, 6.45) is 3.06. The van der Waals surface area contributed by atoms with E-state index >= 15 is 0 Å². The minimum absolute atomic E-state index is 0.242. The fourth-order valence-electron chi connectivity index (χ4n) is 1.87. The van der Waals surface area contributed by atoms with Crippen molar-refractivity contribution in [2.75, 3.05) is 0 Å². The van der Waals surface area contributed by atoms with Gasteiger partial charge in [-0.3, -0.25) is 0 Å². The maximum Gasteiger partial charge on any atom is 0.368 e. The molecule has 0 aliphatic carbocycles. The summed E-state index contributed by atoms with van der Waals surface area (Å²) in [5.74, 6) is 0.586. The van der Waals surface area contributed by atoms with Crippen LogP contribution in [0.2, 0.25) is 0 Å². The number of ether oxygens (including phenoxy) is 1. The number of nitrogens with zero attached hydrogens (tertiary/aromatic N) is 6. The number of halogens is 1.